The number of nitrogens with one attached hydrogen (secondary N) is 3. The quantitative estimate of drug-likeness (QED) is 0.180. The van der Waals surface area contributed by atoms with E-state index in [1.807, 2.05) is 97.1 Å². The topological polar surface area (TPSA) is 115 Å². The molecule has 7 rings (SSSR count). The predicted molar refractivity (Wildman–Crippen MR) is 192 cm³/mol. The second-order valence-corrected chi connectivity index (χ2v) is 13.5. The Labute approximate surface area is 293 Å². The first-order chi connectivity index (χ1) is 24.4. The summed E-state index contributed by atoms with van der Waals surface area (Å²) in [5, 5.41) is 18.6. The number of urea groups is 1. The summed E-state index contributed by atoms with van der Waals surface area (Å²) in [6.07, 6.45) is 0.348. The molecule has 50 heavy (non-hydrogen) atoms. The monoisotopic (exact) mass is 675 g/mol. The molecule has 0 bridgehead atoms. The van der Waals surface area contributed by atoms with Gasteiger partial charge in [0.15, 0.2) is 6.29 Å². The van der Waals surface area contributed by atoms with Crippen LogP contribution in [0.4, 0.5) is 16.2 Å². The molecule has 10 nitrogen and oxygen atoms in total. The highest BCUT2D eigenvalue weighted by molar-refractivity contribution is 5.93. The number of hydrogen-bond donors (Lipinski definition) is 4. The standard InChI is InChI=1S/C40H45N5O5/c1-28-35(25-44-21-19-40(20-22-44)38(47)42-27-45(40)34-13-6-3-7-14-34)49-37(50-36(28)31-17-15-30(26-46)16-18-31)32-11-8-12-33(23-32)43-39(48)41-24-29-9-4-2-5-10-29/h2-18,23,28,35-37,46H,19-22,24-27H2,1H3,(H,42,47)(H2,41,43,48). The summed E-state index contributed by atoms with van der Waals surface area (Å²) in [5.74, 6) is 0.119. The van der Waals surface area contributed by atoms with E-state index in [2.05, 4.69) is 44.8 Å². The highest BCUT2D eigenvalue weighted by Gasteiger charge is 2.51. The zero-order valence-corrected chi connectivity index (χ0v) is 28.3. The first-order valence-corrected chi connectivity index (χ1v) is 17.4. The molecule has 0 aliphatic carbocycles. The van der Waals surface area contributed by atoms with Crippen molar-refractivity contribution in [2.24, 2.45) is 5.92 Å². The fourth-order valence-electron chi connectivity index (χ4n) is 7.44. The van der Waals surface area contributed by atoms with E-state index >= 15 is 0 Å². The summed E-state index contributed by atoms with van der Waals surface area (Å²) in [4.78, 5) is 30.7. The van der Waals surface area contributed by atoms with Crippen molar-refractivity contribution >= 4 is 23.3 Å². The van der Waals surface area contributed by atoms with Gasteiger partial charge in [-0.05, 0) is 53.8 Å². The van der Waals surface area contributed by atoms with Crippen LogP contribution >= 0.6 is 0 Å². The summed E-state index contributed by atoms with van der Waals surface area (Å²) >= 11 is 0. The van der Waals surface area contributed by atoms with Crippen molar-refractivity contribution in [3.8, 4) is 0 Å². The molecule has 4 atom stereocenters. The number of aliphatic hydroxyl groups is 1. The molecule has 4 aromatic carbocycles. The van der Waals surface area contributed by atoms with E-state index in [1.165, 1.54) is 0 Å². The average molecular weight is 676 g/mol. The number of rotatable bonds is 9. The van der Waals surface area contributed by atoms with E-state index in [-0.39, 0.29) is 36.7 Å². The highest BCUT2D eigenvalue weighted by Crippen LogP contribution is 2.43. The van der Waals surface area contributed by atoms with Crippen molar-refractivity contribution in [3.05, 3.63) is 131 Å². The zero-order valence-electron chi connectivity index (χ0n) is 28.3. The lowest BCUT2D eigenvalue weighted by molar-refractivity contribution is -0.276. The normalized spacial score (nSPS) is 23.4. The molecule has 3 aliphatic rings. The molecule has 4 N–H and O–H groups in total. The Balaban J connectivity index is 1.06. The number of para-hydroxylation sites is 1. The van der Waals surface area contributed by atoms with Crippen molar-refractivity contribution < 1.29 is 24.2 Å². The van der Waals surface area contributed by atoms with Gasteiger partial charge in [-0.15, -0.1) is 0 Å². The molecule has 260 valence electrons. The molecule has 3 aliphatic heterocycles. The smallest absolute Gasteiger partial charge is 0.319 e. The maximum absolute atomic E-state index is 13.3. The molecule has 4 unspecified atom stereocenters. The number of likely N-dealkylation sites (tertiary alicyclic amines) is 1. The second kappa shape index (κ2) is 15.0. The summed E-state index contributed by atoms with van der Waals surface area (Å²) < 4.78 is 13.4. The Kier molecular flexibility index (Phi) is 10.1. The number of carbonyl (C=O) groups excluding carboxylic acids is 2. The number of anilines is 2. The maximum atomic E-state index is 13.3. The number of hydrogen-bond acceptors (Lipinski definition) is 7. The van der Waals surface area contributed by atoms with Gasteiger partial charge in [0.05, 0.1) is 25.5 Å². The molecule has 3 amide bonds. The van der Waals surface area contributed by atoms with Gasteiger partial charge in [-0.1, -0.05) is 91.9 Å². The summed E-state index contributed by atoms with van der Waals surface area (Å²) in [6, 6.07) is 35.1. The maximum Gasteiger partial charge on any atom is 0.319 e. The predicted octanol–water partition coefficient (Wildman–Crippen LogP) is 5.72. The Morgan fingerprint density at radius 2 is 1.60 bits per heavy atom. The molecular formula is C40H45N5O5. The van der Waals surface area contributed by atoms with Crippen LogP contribution in [0.1, 0.15) is 54.4 Å². The minimum Gasteiger partial charge on any atom is -0.392 e. The first-order valence-electron chi connectivity index (χ1n) is 17.4. The number of benzene rings is 4. The van der Waals surface area contributed by atoms with Crippen LogP contribution in [0.2, 0.25) is 0 Å². The van der Waals surface area contributed by atoms with Gasteiger partial charge < -0.3 is 40.3 Å². The van der Waals surface area contributed by atoms with Gasteiger partial charge in [0, 0.05) is 49.0 Å². The van der Waals surface area contributed by atoms with Crippen LogP contribution in [0.3, 0.4) is 0 Å². The van der Waals surface area contributed by atoms with E-state index in [1.54, 1.807) is 0 Å². The number of amides is 3. The van der Waals surface area contributed by atoms with Crippen molar-refractivity contribution in [2.75, 3.05) is 36.5 Å². The SMILES string of the molecule is CC1C(CN2CCC3(CC2)C(=O)NCN3c2ccccc2)OC(c2cccc(NC(=O)NCc3ccccc3)c2)OC1c1ccc(CO)cc1. The lowest BCUT2D eigenvalue weighted by Crippen LogP contribution is -2.57. The average Bonchev–Trinajstić information content (AvgIpc) is 3.47. The van der Waals surface area contributed by atoms with Gasteiger partial charge in [-0.2, -0.15) is 0 Å². The molecule has 1 spiro atoms. The third-order valence-electron chi connectivity index (χ3n) is 10.4. The molecule has 10 heteroatoms. The largest absolute Gasteiger partial charge is 0.392 e. The molecule has 0 radical (unpaired) electrons. The molecule has 0 aromatic heterocycles. The third kappa shape index (κ3) is 7.25. The molecule has 3 saturated heterocycles. The third-order valence-corrected chi connectivity index (χ3v) is 10.4. The van der Waals surface area contributed by atoms with E-state index < -0.39 is 11.8 Å². The van der Waals surface area contributed by atoms with Gasteiger partial charge in [0.25, 0.3) is 0 Å². The Morgan fingerprint density at radius 1 is 0.880 bits per heavy atom. The first kappa shape index (κ1) is 33.7. The van der Waals surface area contributed by atoms with Crippen LogP contribution < -0.4 is 20.9 Å². The fourth-order valence-corrected chi connectivity index (χ4v) is 7.44. The number of carbonyl (C=O) groups is 2. The number of ether oxygens (including phenoxy) is 2. The summed E-state index contributed by atoms with van der Waals surface area (Å²) in [6.45, 7) is 5.30. The summed E-state index contributed by atoms with van der Waals surface area (Å²) in [5.41, 5.74) is 4.82. The van der Waals surface area contributed by atoms with Gasteiger partial charge in [0.2, 0.25) is 5.91 Å². The Bertz CT molecular complexity index is 1750. The highest BCUT2D eigenvalue weighted by atomic mass is 16.7. The van der Waals surface area contributed by atoms with Gasteiger partial charge in [0.1, 0.15) is 5.54 Å². The van der Waals surface area contributed by atoms with Crippen molar-refractivity contribution in [1.82, 2.24) is 15.5 Å². The van der Waals surface area contributed by atoms with Gasteiger partial charge >= 0.3 is 6.03 Å². The zero-order chi connectivity index (χ0) is 34.5. The molecule has 0 saturated carbocycles. The van der Waals surface area contributed by atoms with Crippen molar-refractivity contribution in [1.29, 1.82) is 0 Å². The molecule has 4 aromatic rings. The molecule has 3 heterocycles. The Morgan fingerprint density at radius 3 is 2.32 bits per heavy atom. The second-order valence-electron chi connectivity index (χ2n) is 13.5. The Hall–Kier alpha value is -4.74. The summed E-state index contributed by atoms with van der Waals surface area (Å²) in [7, 11) is 0. The van der Waals surface area contributed by atoms with E-state index in [9.17, 15) is 14.7 Å². The van der Waals surface area contributed by atoms with Crippen LogP contribution in [0.15, 0.2) is 109 Å². The van der Waals surface area contributed by atoms with Crippen LogP contribution in [0.25, 0.3) is 0 Å². The van der Waals surface area contributed by atoms with E-state index in [0.29, 0.717) is 25.4 Å². The molecular weight excluding hydrogens is 630 g/mol. The van der Waals surface area contributed by atoms with E-state index in [0.717, 1.165) is 53.9 Å². The minimum atomic E-state index is -0.668. The van der Waals surface area contributed by atoms with Crippen LogP contribution in [0.5, 0.6) is 0 Å². The van der Waals surface area contributed by atoms with Crippen LogP contribution in [-0.4, -0.2) is 59.9 Å². The van der Waals surface area contributed by atoms with Crippen molar-refractivity contribution in [3.63, 3.8) is 0 Å². The van der Waals surface area contributed by atoms with Crippen molar-refractivity contribution in [2.45, 2.75) is 57.0 Å². The van der Waals surface area contributed by atoms with Crippen LogP contribution in [-0.2, 0) is 27.4 Å². The lowest BCUT2D eigenvalue weighted by atomic mass is 9.84. The number of aliphatic hydroxyl groups excluding tert-OH is 1. The minimum absolute atomic E-state index is 0.0165. The number of nitrogens with zero attached hydrogens (tertiary/aromatic N) is 2. The lowest BCUT2D eigenvalue weighted by Gasteiger charge is -2.46. The van der Waals surface area contributed by atoms with Crippen LogP contribution in [0, 0.1) is 5.92 Å². The molecule has 3 fully saturated rings. The van der Waals surface area contributed by atoms with E-state index in [4.69, 9.17) is 9.47 Å². The van der Waals surface area contributed by atoms with Gasteiger partial charge in [-0.3, -0.25) is 4.79 Å². The van der Waals surface area contributed by atoms with Gasteiger partial charge in [-0.25, -0.2) is 4.79 Å². The fraction of sp³-hybridized carbons (Fsp3) is 0.350. The number of piperidine rings is 1.